The Labute approximate surface area is 114 Å². The molecule has 1 amide bonds. The van der Waals surface area contributed by atoms with Crippen LogP contribution in [0.4, 0.5) is 0 Å². The zero-order valence-corrected chi connectivity index (χ0v) is 12.2. The van der Waals surface area contributed by atoms with Crippen molar-refractivity contribution >= 4 is 16.8 Å². The number of nitrogens with zero attached hydrogens (tertiary/aromatic N) is 2. The fourth-order valence-corrected chi connectivity index (χ4v) is 2.30. The van der Waals surface area contributed by atoms with Gasteiger partial charge in [0.2, 0.25) is 5.91 Å². The van der Waals surface area contributed by atoms with Gasteiger partial charge in [0.05, 0.1) is 5.52 Å². The Morgan fingerprint density at radius 1 is 1.32 bits per heavy atom. The average Bonchev–Trinajstić information content (AvgIpc) is 2.80. The zero-order chi connectivity index (χ0) is 14.0. The van der Waals surface area contributed by atoms with Gasteiger partial charge in [-0.25, -0.2) is 0 Å². The number of amides is 1. The van der Waals surface area contributed by atoms with E-state index in [2.05, 4.69) is 35.8 Å². The predicted molar refractivity (Wildman–Crippen MR) is 79.2 cm³/mol. The number of aryl methyl sites for hydroxylation is 1. The third-order valence-electron chi connectivity index (χ3n) is 3.73. The van der Waals surface area contributed by atoms with Gasteiger partial charge in [0.15, 0.2) is 0 Å². The fraction of sp³-hybridized carbons (Fsp3) is 0.438. The van der Waals surface area contributed by atoms with Gasteiger partial charge >= 0.3 is 0 Å². The molecule has 0 unspecified atom stereocenters. The molecule has 3 nitrogen and oxygen atoms in total. The molecular weight excluding hydrogens is 236 g/mol. The van der Waals surface area contributed by atoms with Gasteiger partial charge in [0.25, 0.3) is 0 Å². The van der Waals surface area contributed by atoms with E-state index in [4.69, 9.17) is 0 Å². The lowest BCUT2D eigenvalue weighted by atomic mass is 10.1. The molecular formula is C16H22N2O. The lowest BCUT2D eigenvalue weighted by Crippen LogP contribution is -2.35. The van der Waals surface area contributed by atoms with E-state index < -0.39 is 0 Å². The molecule has 0 aliphatic rings. The number of benzene rings is 1. The Bertz CT molecular complexity index is 583. The zero-order valence-electron chi connectivity index (χ0n) is 12.2. The Balaban J connectivity index is 2.33. The molecule has 0 saturated carbocycles. The van der Waals surface area contributed by atoms with Crippen LogP contribution in [0.3, 0.4) is 0 Å². The van der Waals surface area contributed by atoms with Crippen LogP contribution in [0.25, 0.3) is 10.9 Å². The standard InChI is InChI=1S/C16H22N2O/c1-5-13-7-6-8-14-9-10-18(16(13)14)11-15(19)17(4)12(2)3/h6-10,12H,5,11H2,1-4H3. The number of hydrogen-bond donors (Lipinski definition) is 0. The summed E-state index contributed by atoms with van der Waals surface area (Å²) in [5.74, 6) is 0.151. The van der Waals surface area contributed by atoms with Gasteiger partial charge in [0.1, 0.15) is 6.54 Å². The van der Waals surface area contributed by atoms with Gasteiger partial charge in [0, 0.05) is 19.3 Å². The number of aromatic nitrogens is 1. The summed E-state index contributed by atoms with van der Waals surface area (Å²) < 4.78 is 2.06. The van der Waals surface area contributed by atoms with Crippen molar-refractivity contribution in [3.8, 4) is 0 Å². The number of likely N-dealkylation sites (N-methyl/N-ethyl adjacent to an activating group) is 1. The summed E-state index contributed by atoms with van der Waals surface area (Å²) in [5.41, 5.74) is 2.48. The summed E-state index contributed by atoms with van der Waals surface area (Å²) in [6.45, 7) is 6.62. The maximum Gasteiger partial charge on any atom is 0.242 e. The van der Waals surface area contributed by atoms with E-state index in [9.17, 15) is 4.79 Å². The molecule has 0 atom stereocenters. The fourth-order valence-electron chi connectivity index (χ4n) is 2.30. The first kappa shape index (κ1) is 13.7. The van der Waals surface area contributed by atoms with E-state index in [-0.39, 0.29) is 11.9 Å². The lowest BCUT2D eigenvalue weighted by molar-refractivity contribution is -0.131. The minimum atomic E-state index is 0.151. The summed E-state index contributed by atoms with van der Waals surface area (Å²) in [6.07, 6.45) is 2.99. The molecule has 1 aromatic carbocycles. The van der Waals surface area contributed by atoms with Crippen LogP contribution < -0.4 is 0 Å². The molecule has 3 heteroatoms. The predicted octanol–water partition coefficient (Wildman–Crippen LogP) is 3.07. The molecule has 0 fully saturated rings. The topological polar surface area (TPSA) is 25.2 Å². The molecule has 0 saturated heterocycles. The quantitative estimate of drug-likeness (QED) is 0.827. The van der Waals surface area contributed by atoms with Crippen LogP contribution in [0.15, 0.2) is 30.5 Å². The molecule has 0 aliphatic carbocycles. The van der Waals surface area contributed by atoms with Crippen molar-refractivity contribution < 1.29 is 4.79 Å². The van der Waals surface area contributed by atoms with E-state index in [1.807, 2.05) is 27.1 Å². The summed E-state index contributed by atoms with van der Waals surface area (Å²) in [6, 6.07) is 8.63. The lowest BCUT2D eigenvalue weighted by Gasteiger charge is -2.22. The van der Waals surface area contributed by atoms with E-state index in [1.54, 1.807) is 4.90 Å². The van der Waals surface area contributed by atoms with Crippen LogP contribution in [0.5, 0.6) is 0 Å². The minimum absolute atomic E-state index is 0.151. The third-order valence-corrected chi connectivity index (χ3v) is 3.73. The molecule has 19 heavy (non-hydrogen) atoms. The molecule has 0 radical (unpaired) electrons. The van der Waals surface area contributed by atoms with Crippen molar-refractivity contribution in [3.05, 3.63) is 36.0 Å². The van der Waals surface area contributed by atoms with Crippen molar-refractivity contribution in [2.45, 2.75) is 39.8 Å². The Morgan fingerprint density at radius 2 is 2.05 bits per heavy atom. The van der Waals surface area contributed by atoms with E-state index in [0.29, 0.717) is 6.54 Å². The SMILES string of the molecule is CCc1cccc2ccn(CC(=O)N(C)C(C)C)c12. The van der Waals surface area contributed by atoms with Crippen LogP contribution >= 0.6 is 0 Å². The highest BCUT2D eigenvalue weighted by molar-refractivity contribution is 5.85. The maximum atomic E-state index is 12.2. The number of rotatable bonds is 4. The number of hydrogen-bond acceptors (Lipinski definition) is 1. The first-order valence-corrected chi connectivity index (χ1v) is 6.87. The van der Waals surface area contributed by atoms with E-state index >= 15 is 0 Å². The molecule has 0 aliphatic heterocycles. The van der Waals surface area contributed by atoms with Crippen LogP contribution in [-0.4, -0.2) is 28.5 Å². The van der Waals surface area contributed by atoms with Crippen molar-refractivity contribution in [1.82, 2.24) is 9.47 Å². The van der Waals surface area contributed by atoms with E-state index in [1.165, 1.54) is 16.5 Å². The number of carbonyl (C=O) groups is 1. The highest BCUT2D eigenvalue weighted by atomic mass is 16.2. The smallest absolute Gasteiger partial charge is 0.242 e. The molecule has 2 aromatic rings. The van der Waals surface area contributed by atoms with Crippen LogP contribution in [-0.2, 0) is 17.8 Å². The van der Waals surface area contributed by atoms with Gasteiger partial charge in [-0.2, -0.15) is 0 Å². The van der Waals surface area contributed by atoms with Crippen LogP contribution in [0.2, 0.25) is 0 Å². The second-order valence-electron chi connectivity index (χ2n) is 5.25. The number of carbonyl (C=O) groups excluding carboxylic acids is 1. The van der Waals surface area contributed by atoms with Crippen molar-refractivity contribution in [1.29, 1.82) is 0 Å². The summed E-state index contributed by atoms with van der Waals surface area (Å²) in [7, 11) is 1.86. The van der Waals surface area contributed by atoms with Crippen molar-refractivity contribution in [2.75, 3.05) is 7.05 Å². The normalized spacial score (nSPS) is 11.2. The Morgan fingerprint density at radius 3 is 2.68 bits per heavy atom. The molecule has 2 rings (SSSR count). The molecule has 1 aromatic heterocycles. The maximum absolute atomic E-state index is 12.2. The van der Waals surface area contributed by atoms with Gasteiger partial charge < -0.3 is 9.47 Å². The van der Waals surface area contributed by atoms with Crippen molar-refractivity contribution in [2.24, 2.45) is 0 Å². The van der Waals surface area contributed by atoms with Gasteiger partial charge in [-0.1, -0.05) is 25.1 Å². The molecule has 102 valence electrons. The first-order chi connectivity index (χ1) is 9.04. The molecule has 0 bridgehead atoms. The van der Waals surface area contributed by atoms with Gasteiger partial charge in [-0.15, -0.1) is 0 Å². The van der Waals surface area contributed by atoms with Gasteiger partial charge in [-0.05, 0) is 37.3 Å². The average molecular weight is 258 g/mol. The Hall–Kier alpha value is -1.77. The van der Waals surface area contributed by atoms with Crippen molar-refractivity contribution in [3.63, 3.8) is 0 Å². The second-order valence-corrected chi connectivity index (χ2v) is 5.25. The Kier molecular flexibility index (Phi) is 3.93. The number of fused-ring (bicyclic) bond motifs is 1. The van der Waals surface area contributed by atoms with Crippen LogP contribution in [0.1, 0.15) is 26.3 Å². The third kappa shape index (κ3) is 2.65. The summed E-state index contributed by atoms with van der Waals surface area (Å²) in [5, 5.41) is 1.21. The largest absolute Gasteiger partial charge is 0.342 e. The minimum Gasteiger partial charge on any atom is -0.342 e. The van der Waals surface area contributed by atoms with Gasteiger partial charge in [-0.3, -0.25) is 4.79 Å². The molecule has 0 spiro atoms. The van der Waals surface area contributed by atoms with Crippen LogP contribution in [0, 0.1) is 0 Å². The van der Waals surface area contributed by atoms with E-state index in [0.717, 1.165) is 6.42 Å². The first-order valence-electron chi connectivity index (χ1n) is 6.87. The number of para-hydroxylation sites is 1. The molecule has 0 N–H and O–H groups in total. The summed E-state index contributed by atoms with van der Waals surface area (Å²) >= 11 is 0. The molecule has 1 heterocycles. The highest BCUT2D eigenvalue weighted by Gasteiger charge is 2.14. The second kappa shape index (κ2) is 5.47. The monoisotopic (exact) mass is 258 g/mol. The summed E-state index contributed by atoms with van der Waals surface area (Å²) in [4.78, 5) is 14.0. The highest BCUT2D eigenvalue weighted by Crippen LogP contribution is 2.21.